The van der Waals surface area contributed by atoms with Gasteiger partial charge in [0.25, 0.3) is 0 Å². The maximum Gasteiger partial charge on any atom is 0.130 e. The zero-order valence-electron chi connectivity index (χ0n) is 9.98. The largest absolute Gasteiger partial charge is 0.300 e. The number of hydrogen-bond donors (Lipinski definition) is 0. The Morgan fingerprint density at radius 2 is 1.60 bits per heavy atom. The van der Waals surface area contributed by atoms with E-state index in [-0.39, 0.29) is 5.78 Å². The molecule has 0 saturated carbocycles. The Morgan fingerprint density at radius 1 is 1.00 bits per heavy atom. The lowest BCUT2D eigenvalue weighted by Gasteiger charge is -2.00. The maximum atomic E-state index is 10.8. The Labute approximate surface area is 98.2 Å². The number of allylic oxidation sites excluding steroid dienone is 4. The summed E-state index contributed by atoms with van der Waals surface area (Å²) in [6.45, 7) is 5.82. The number of carbonyl (C=O) groups excluding carboxylic acids is 1. The van der Waals surface area contributed by atoms with Crippen LogP contribution in [0.2, 0.25) is 0 Å². The number of rotatable bonds is 7. The highest BCUT2D eigenvalue weighted by Gasteiger charge is 1.95. The molecule has 0 unspecified atom stereocenters. The average molecular weight is 229 g/mol. The summed E-state index contributed by atoms with van der Waals surface area (Å²) < 4.78 is 0. The lowest BCUT2D eigenvalue weighted by Crippen LogP contribution is -1.90. The fourth-order valence-electron chi connectivity index (χ4n) is 1.26. The molecule has 0 N–H and O–H groups in total. The van der Waals surface area contributed by atoms with Crippen molar-refractivity contribution in [2.45, 2.75) is 46.5 Å². The Morgan fingerprint density at radius 3 is 2.13 bits per heavy atom. The second-order valence-corrected chi connectivity index (χ2v) is 4.30. The van der Waals surface area contributed by atoms with Gasteiger partial charge in [0, 0.05) is 12.3 Å². The van der Waals surface area contributed by atoms with E-state index in [2.05, 4.69) is 19.9 Å². The molecule has 0 fully saturated rings. The fraction of sp³-hybridized carbons (Fsp3) is 0.615. The smallest absolute Gasteiger partial charge is 0.130 e. The van der Waals surface area contributed by atoms with Crippen molar-refractivity contribution in [3.8, 4) is 0 Å². The summed E-state index contributed by atoms with van der Waals surface area (Å²) >= 11 is 5.59. The molecule has 0 radical (unpaired) electrons. The summed E-state index contributed by atoms with van der Waals surface area (Å²) in [7, 11) is 0. The zero-order chi connectivity index (χ0) is 11.7. The molecule has 0 atom stereocenters. The Balaban J connectivity index is 3.76. The minimum atomic E-state index is 0.265. The van der Waals surface area contributed by atoms with Crippen molar-refractivity contribution >= 4 is 17.4 Å². The summed E-state index contributed by atoms with van der Waals surface area (Å²) in [4.78, 5) is 10.8. The van der Waals surface area contributed by atoms with Crippen LogP contribution in [0.5, 0.6) is 0 Å². The monoisotopic (exact) mass is 228 g/mol. The van der Waals surface area contributed by atoms with E-state index < -0.39 is 0 Å². The number of carbonyl (C=O) groups is 1. The molecule has 15 heavy (non-hydrogen) atoms. The van der Waals surface area contributed by atoms with Crippen LogP contribution in [-0.4, -0.2) is 11.7 Å². The molecule has 0 heterocycles. The third-order valence-corrected chi connectivity index (χ3v) is 2.48. The second-order valence-electron chi connectivity index (χ2n) is 4.00. The van der Waals surface area contributed by atoms with Gasteiger partial charge in [0.05, 0.1) is 0 Å². The second kappa shape index (κ2) is 8.72. The Hall–Kier alpha value is -0.560. The molecule has 0 aliphatic rings. The molecular formula is C13H21ClO. The normalized spacial score (nSPS) is 13.1. The van der Waals surface area contributed by atoms with Crippen LogP contribution in [0.4, 0.5) is 0 Å². The number of Topliss-reactive ketones (excluding diaryl/α,β-unsaturated/α-hetero) is 1. The average Bonchev–Trinajstić information content (AvgIpc) is 2.15. The highest BCUT2D eigenvalue weighted by atomic mass is 35.5. The first-order valence-electron chi connectivity index (χ1n) is 5.43. The van der Waals surface area contributed by atoms with Gasteiger partial charge in [0.15, 0.2) is 0 Å². The molecule has 0 aromatic carbocycles. The van der Waals surface area contributed by atoms with Gasteiger partial charge < -0.3 is 4.79 Å². The van der Waals surface area contributed by atoms with E-state index in [1.807, 2.05) is 6.08 Å². The van der Waals surface area contributed by atoms with Gasteiger partial charge in [-0.2, -0.15) is 0 Å². The van der Waals surface area contributed by atoms with E-state index in [1.54, 1.807) is 6.92 Å². The maximum absolute atomic E-state index is 10.8. The predicted molar refractivity (Wildman–Crippen MR) is 67.4 cm³/mol. The predicted octanol–water partition coefficient (Wildman–Crippen LogP) is 4.27. The third kappa shape index (κ3) is 9.74. The molecule has 0 aliphatic heterocycles. The lowest BCUT2D eigenvalue weighted by molar-refractivity contribution is -0.116. The minimum Gasteiger partial charge on any atom is -0.300 e. The Kier molecular flexibility index (Phi) is 8.40. The van der Waals surface area contributed by atoms with Crippen molar-refractivity contribution in [3.05, 3.63) is 23.3 Å². The van der Waals surface area contributed by atoms with Gasteiger partial charge in [-0.15, -0.1) is 11.6 Å². The SMILES string of the molecule is CC(=O)CCC(C)=CCCC(C)=CCCl. The van der Waals surface area contributed by atoms with Crippen molar-refractivity contribution in [1.82, 2.24) is 0 Å². The van der Waals surface area contributed by atoms with Crippen LogP contribution in [0.3, 0.4) is 0 Å². The van der Waals surface area contributed by atoms with Gasteiger partial charge in [-0.25, -0.2) is 0 Å². The van der Waals surface area contributed by atoms with Crippen molar-refractivity contribution in [1.29, 1.82) is 0 Å². The fourth-order valence-corrected chi connectivity index (χ4v) is 1.52. The van der Waals surface area contributed by atoms with Gasteiger partial charge in [-0.1, -0.05) is 23.3 Å². The van der Waals surface area contributed by atoms with Crippen molar-refractivity contribution in [3.63, 3.8) is 0 Å². The van der Waals surface area contributed by atoms with E-state index in [0.29, 0.717) is 12.3 Å². The van der Waals surface area contributed by atoms with E-state index in [4.69, 9.17) is 11.6 Å². The van der Waals surface area contributed by atoms with E-state index in [1.165, 1.54) is 11.1 Å². The molecule has 0 bridgehead atoms. The quantitative estimate of drug-likeness (QED) is 0.470. The number of hydrogen-bond acceptors (Lipinski definition) is 1. The third-order valence-electron chi connectivity index (χ3n) is 2.33. The molecule has 1 nitrogen and oxygen atoms in total. The zero-order valence-corrected chi connectivity index (χ0v) is 10.7. The van der Waals surface area contributed by atoms with Crippen LogP contribution in [0, 0.1) is 0 Å². The number of alkyl halides is 1. The van der Waals surface area contributed by atoms with Crippen molar-refractivity contribution < 1.29 is 4.79 Å². The molecule has 0 aliphatic carbocycles. The van der Waals surface area contributed by atoms with E-state index >= 15 is 0 Å². The summed E-state index contributed by atoms with van der Waals surface area (Å²) in [5, 5.41) is 0. The molecule has 0 aromatic heterocycles. The first kappa shape index (κ1) is 14.4. The first-order chi connectivity index (χ1) is 7.06. The first-order valence-corrected chi connectivity index (χ1v) is 5.96. The number of halogens is 1. The summed E-state index contributed by atoms with van der Waals surface area (Å²) in [6.07, 6.45) is 7.92. The summed E-state index contributed by atoms with van der Waals surface area (Å²) in [5.41, 5.74) is 2.64. The van der Waals surface area contributed by atoms with Crippen molar-refractivity contribution in [2.75, 3.05) is 5.88 Å². The van der Waals surface area contributed by atoms with Gasteiger partial charge in [-0.3, -0.25) is 0 Å². The molecule has 86 valence electrons. The summed E-state index contributed by atoms with van der Waals surface area (Å²) in [6, 6.07) is 0. The van der Waals surface area contributed by atoms with Crippen LogP contribution in [-0.2, 0) is 4.79 Å². The van der Waals surface area contributed by atoms with Crippen LogP contribution in [0.1, 0.15) is 46.5 Å². The van der Waals surface area contributed by atoms with Gasteiger partial charge in [0.2, 0.25) is 0 Å². The van der Waals surface area contributed by atoms with Gasteiger partial charge in [0.1, 0.15) is 5.78 Å². The molecule has 0 aromatic rings. The molecule has 0 saturated heterocycles. The van der Waals surface area contributed by atoms with Crippen molar-refractivity contribution in [2.24, 2.45) is 0 Å². The highest BCUT2D eigenvalue weighted by Crippen LogP contribution is 2.10. The molecule has 0 amide bonds. The van der Waals surface area contributed by atoms with Gasteiger partial charge in [-0.05, 0) is 40.0 Å². The van der Waals surface area contributed by atoms with Crippen LogP contribution >= 0.6 is 11.6 Å². The van der Waals surface area contributed by atoms with Crippen LogP contribution in [0.15, 0.2) is 23.3 Å². The molecular weight excluding hydrogens is 208 g/mol. The Bertz CT molecular complexity index is 251. The topological polar surface area (TPSA) is 17.1 Å². The van der Waals surface area contributed by atoms with E-state index in [9.17, 15) is 4.79 Å². The lowest BCUT2D eigenvalue weighted by atomic mass is 10.1. The van der Waals surface area contributed by atoms with Crippen LogP contribution < -0.4 is 0 Å². The molecule has 2 heteroatoms. The molecule has 0 rings (SSSR count). The minimum absolute atomic E-state index is 0.265. The number of ketones is 1. The van der Waals surface area contributed by atoms with Gasteiger partial charge >= 0.3 is 0 Å². The highest BCUT2D eigenvalue weighted by molar-refractivity contribution is 6.18. The van der Waals surface area contributed by atoms with E-state index in [0.717, 1.165) is 19.3 Å². The van der Waals surface area contributed by atoms with Crippen LogP contribution in [0.25, 0.3) is 0 Å². The summed E-state index contributed by atoms with van der Waals surface area (Å²) in [5.74, 6) is 0.861. The molecule has 0 spiro atoms. The standard InChI is InChI=1S/C13H21ClO/c1-11(7-8-13(3)15)5-4-6-12(2)9-10-14/h5,9H,4,6-8,10H2,1-3H3.